The molecule has 0 aliphatic carbocycles. The fourth-order valence-corrected chi connectivity index (χ4v) is 2.21. The quantitative estimate of drug-likeness (QED) is 0.848. The number of benzene rings is 1. The number of carbonyl (C=O) groups excluding carboxylic acids is 1. The number of aromatic amines is 1. The lowest BCUT2D eigenvalue weighted by atomic mass is 10.1. The molecule has 0 unspecified atom stereocenters. The molecule has 1 amide bonds. The Bertz CT molecular complexity index is 731. The summed E-state index contributed by atoms with van der Waals surface area (Å²) in [4.78, 5) is 16.3. The molecule has 0 atom stereocenters. The third-order valence-electron chi connectivity index (χ3n) is 3.03. The fourth-order valence-electron chi connectivity index (χ4n) is 2.21. The van der Waals surface area contributed by atoms with Gasteiger partial charge in [0.25, 0.3) is 5.91 Å². The molecule has 0 saturated carbocycles. The molecule has 2 aromatic rings. The molecule has 6 nitrogen and oxygen atoms in total. The topological polar surface area (TPSA) is 79.9 Å². The highest BCUT2D eigenvalue weighted by Gasteiger charge is 2.25. The van der Waals surface area contributed by atoms with Crippen LogP contribution >= 0.6 is 0 Å². The number of hydrogen-bond donors (Lipinski definition) is 2. The Labute approximate surface area is 122 Å². The number of nitrogens with one attached hydrogen (secondary N) is 2. The predicted molar refractivity (Wildman–Crippen MR) is 79.8 cm³/mol. The lowest BCUT2D eigenvalue weighted by Crippen LogP contribution is -2.05. The Morgan fingerprint density at radius 1 is 1.33 bits per heavy atom. The number of carbonyl (C=O) groups is 1. The Balaban J connectivity index is 2.01. The Hall–Kier alpha value is -2.63. The molecule has 0 radical (unpaired) electrons. The van der Waals surface area contributed by atoms with E-state index in [1.165, 1.54) is 0 Å². The largest absolute Gasteiger partial charge is 0.491 e. The molecular weight excluding hydrogens is 268 g/mol. The number of aromatic nitrogens is 3. The maximum atomic E-state index is 12.1. The van der Waals surface area contributed by atoms with Gasteiger partial charge in [0.2, 0.25) is 0 Å². The van der Waals surface area contributed by atoms with Gasteiger partial charge in [-0.1, -0.05) is 0 Å². The van der Waals surface area contributed by atoms with Crippen LogP contribution in [0.15, 0.2) is 18.2 Å². The Morgan fingerprint density at radius 3 is 2.81 bits per heavy atom. The molecule has 0 spiro atoms. The molecule has 0 saturated heterocycles. The van der Waals surface area contributed by atoms with Crippen molar-refractivity contribution < 1.29 is 9.53 Å². The highest BCUT2D eigenvalue weighted by atomic mass is 16.5. The third kappa shape index (κ3) is 2.65. The summed E-state index contributed by atoms with van der Waals surface area (Å²) >= 11 is 0. The highest BCUT2D eigenvalue weighted by molar-refractivity contribution is 6.34. The number of amides is 1. The summed E-state index contributed by atoms with van der Waals surface area (Å²) in [5.74, 6) is 1.77. The summed E-state index contributed by atoms with van der Waals surface area (Å²) in [6, 6.07) is 5.55. The van der Waals surface area contributed by atoms with E-state index in [2.05, 4.69) is 20.5 Å². The molecule has 3 rings (SSSR count). The van der Waals surface area contributed by atoms with E-state index in [0.717, 1.165) is 17.0 Å². The van der Waals surface area contributed by atoms with Crippen LogP contribution in [0.4, 0.5) is 5.69 Å². The van der Waals surface area contributed by atoms with Crippen LogP contribution in [-0.2, 0) is 4.79 Å². The number of hydrogen-bond acceptors (Lipinski definition) is 4. The van der Waals surface area contributed by atoms with E-state index < -0.39 is 0 Å². The second kappa shape index (κ2) is 5.05. The zero-order valence-corrected chi connectivity index (χ0v) is 12.1. The number of rotatable bonds is 3. The zero-order valence-electron chi connectivity index (χ0n) is 12.1. The molecule has 108 valence electrons. The lowest BCUT2D eigenvalue weighted by Gasteiger charge is -2.10. The van der Waals surface area contributed by atoms with Crippen LogP contribution < -0.4 is 10.1 Å². The van der Waals surface area contributed by atoms with Crippen LogP contribution in [0, 0.1) is 6.92 Å². The minimum atomic E-state index is -0.158. The molecule has 1 aliphatic rings. The molecule has 0 fully saturated rings. The first kappa shape index (κ1) is 13.4. The standard InChI is InChI=1S/C15H16N4O2/c1-8(2)21-10-4-5-13-11(6-10)12(15(20)17-13)7-14-16-9(3)18-19-14/h4-8H,1-3H3,(H,17,20)(H,16,18,19)/b12-7-. The van der Waals surface area contributed by atoms with E-state index in [4.69, 9.17) is 4.74 Å². The molecule has 2 heterocycles. The second-order valence-electron chi connectivity index (χ2n) is 5.17. The number of aryl methyl sites for hydroxylation is 1. The van der Waals surface area contributed by atoms with Gasteiger partial charge in [0.1, 0.15) is 11.6 Å². The molecule has 1 aromatic heterocycles. The van der Waals surface area contributed by atoms with E-state index in [-0.39, 0.29) is 12.0 Å². The van der Waals surface area contributed by atoms with Gasteiger partial charge in [-0.2, -0.15) is 5.10 Å². The van der Waals surface area contributed by atoms with Crippen LogP contribution in [-0.4, -0.2) is 27.2 Å². The summed E-state index contributed by atoms with van der Waals surface area (Å²) in [5.41, 5.74) is 2.12. The van der Waals surface area contributed by atoms with Crippen molar-refractivity contribution in [2.45, 2.75) is 26.9 Å². The van der Waals surface area contributed by atoms with Crippen LogP contribution in [0.2, 0.25) is 0 Å². The van der Waals surface area contributed by atoms with E-state index in [0.29, 0.717) is 17.2 Å². The maximum absolute atomic E-state index is 12.1. The van der Waals surface area contributed by atoms with Crippen molar-refractivity contribution in [3.8, 4) is 5.75 Å². The van der Waals surface area contributed by atoms with Gasteiger partial charge in [0, 0.05) is 11.3 Å². The molecule has 1 aliphatic heterocycles. The number of fused-ring (bicyclic) bond motifs is 1. The Kier molecular flexibility index (Phi) is 3.21. The van der Waals surface area contributed by atoms with Crippen molar-refractivity contribution in [1.29, 1.82) is 0 Å². The first-order valence-corrected chi connectivity index (χ1v) is 6.76. The number of nitrogens with zero attached hydrogens (tertiary/aromatic N) is 2. The molecule has 2 N–H and O–H groups in total. The average molecular weight is 284 g/mol. The SMILES string of the molecule is Cc1nc(/C=C2\C(=O)Nc3ccc(OC(C)C)cc32)n[nH]1. The summed E-state index contributed by atoms with van der Waals surface area (Å²) in [6.07, 6.45) is 1.75. The van der Waals surface area contributed by atoms with Gasteiger partial charge in [-0.05, 0) is 45.0 Å². The first-order chi connectivity index (χ1) is 10.0. The minimum Gasteiger partial charge on any atom is -0.491 e. The molecule has 21 heavy (non-hydrogen) atoms. The van der Waals surface area contributed by atoms with Crippen molar-refractivity contribution in [3.63, 3.8) is 0 Å². The fraction of sp³-hybridized carbons (Fsp3) is 0.267. The van der Waals surface area contributed by atoms with E-state index in [1.807, 2.05) is 39.0 Å². The van der Waals surface area contributed by atoms with Crippen LogP contribution in [0.3, 0.4) is 0 Å². The minimum absolute atomic E-state index is 0.0798. The van der Waals surface area contributed by atoms with Crippen LogP contribution in [0.25, 0.3) is 11.6 Å². The lowest BCUT2D eigenvalue weighted by molar-refractivity contribution is -0.110. The van der Waals surface area contributed by atoms with Gasteiger partial charge in [0.15, 0.2) is 5.82 Å². The monoisotopic (exact) mass is 284 g/mol. The normalized spacial score (nSPS) is 15.4. The highest BCUT2D eigenvalue weighted by Crippen LogP contribution is 2.35. The molecule has 1 aromatic carbocycles. The van der Waals surface area contributed by atoms with Crippen molar-refractivity contribution in [3.05, 3.63) is 35.4 Å². The maximum Gasteiger partial charge on any atom is 0.256 e. The first-order valence-electron chi connectivity index (χ1n) is 6.76. The van der Waals surface area contributed by atoms with Crippen molar-refractivity contribution in [1.82, 2.24) is 15.2 Å². The van der Waals surface area contributed by atoms with Gasteiger partial charge in [-0.3, -0.25) is 9.89 Å². The summed E-state index contributed by atoms with van der Waals surface area (Å²) < 4.78 is 5.67. The summed E-state index contributed by atoms with van der Waals surface area (Å²) in [6.45, 7) is 5.74. The molecular formula is C15H16N4O2. The van der Waals surface area contributed by atoms with Crippen molar-refractivity contribution >= 4 is 23.2 Å². The van der Waals surface area contributed by atoms with E-state index in [9.17, 15) is 4.79 Å². The van der Waals surface area contributed by atoms with Crippen molar-refractivity contribution in [2.75, 3.05) is 5.32 Å². The molecule has 6 heteroatoms. The van der Waals surface area contributed by atoms with E-state index in [1.54, 1.807) is 6.08 Å². The van der Waals surface area contributed by atoms with Crippen LogP contribution in [0.1, 0.15) is 31.1 Å². The van der Waals surface area contributed by atoms with Gasteiger partial charge in [-0.25, -0.2) is 4.98 Å². The average Bonchev–Trinajstić information content (AvgIpc) is 2.95. The predicted octanol–water partition coefficient (Wildman–Crippen LogP) is 2.39. The third-order valence-corrected chi connectivity index (χ3v) is 3.03. The number of H-pyrrole nitrogens is 1. The van der Waals surface area contributed by atoms with Gasteiger partial charge < -0.3 is 10.1 Å². The summed E-state index contributed by atoms with van der Waals surface area (Å²) in [5, 5.41) is 9.62. The van der Waals surface area contributed by atoms with Gasteiger partial charge >= 0.3 is 0 Å². The van der Waals surface area contributed by atoms with Crippen LogP contribution in [0.5, 0.6) is 5.75 Å². The Morgan fingerprint density at radius 2 is 2.14 bits per heavy atom. The molecule has 0 bridgehead atoms. The van der Waals surface area contributed by atoms with Gasteiger partial charge in [-0.15, -0.1) is 0 Å². The summed E-state index contributed by atoms with van der Waals surface area (Å²) in [7, 11) is 0. The smallest absolute Gasteiger partial charge is 0.256 e. The number of ether oxygens (including phenoxy) is 1. The number of anilines is 1. The van der Waals surface area contributed by atoms with Gasteiger partial charge in [0.05, 0.1) is 11.7 Å². The van der Waals surface area contributed by atoms with Crippen molar-refractivity contribution in [2.24, 2.45) is 0 Å². The van der Waals surface area contributed by atoms with E-state index >= 15 is 0 Å². The second-order valence-corrected chi connectivity index (χ2v) is 5.17. The zero-order chi connectivity index (χ0) is 15.0.